The maximum absolute atomic E-state index is 5.32. The van der Waals surface area contributed by atoms with Crippen molar-refractivity contribution in [1.82, 2.24) is 20.0 Å². The molecule has 1 N–H and O–H groups in total. The molecule has 0 saturated carbocycles. The summed E-state index contributed by atoms with van der Waals surface area (Å²) in [5.41, 5.74) is 0. The van der Waals surface area contributed by atoms with E-state index < -0.39 is 0 Å². The van der Waals surface area contributed by atoms with E-state index in [2.05, 4.69) is 40.7 Å². The van der Waals surface area contributed by atoms with Gasteiger partial charge >= 0.3 is 0 Å². The fraction of sp³-hybridized carbons (Fsp3) is 0.750. The van der Waals surface area contributed by atoms with Gasteiger partial charge in [0, 0.05) is 45.8 Å². The zero-order valence-corrected chi connectivity index (χ0v) is 11.8. The van der Waals surface area contributed by atoms with Crippen LogP contribution in [0.2, 0.25) is 0 Å². The highest BCUT2D eigenvalue weighted by atomic mass is 32.1. The third kappa shape index (κ3) is 5.48. The molecule has 0 unspecified atom stereocenters. The summed E-state index contributed by atoms with van der Waals surface area (Å²) < 4.78 is 0. The second kappa shape index (κ2) is 7.63. The van der Waals surface area contributed by atoms with Gasteiger partial charge in [-0.25, -0.2) is 0 Å². The zero-order chi connectivity index (χ0) is 12.7. The van der Waals surface area contributed by atoms with E-state index in [0.29, 0.717) is 0 Å². The van der Waals surface area contributed by atoms with Gasteiger partial charge in [0.25, 0.3) is 0 Å². The number of thiocarbonyl (C=S) groups is 1. The molecule has 0 atom stereocenters. The first-order valence-electron chi connectivity index (χ1n) is 6.14. The predicted octanol–water partition coefficient (Wildman–Crippen LogP) is 0.226. The van der Waals surface area contributed by atoms with Crippen molar-refractivity contribution in [2.75, 3.05) is 59.9 Å². The van der Waals surface area contributed by atoms with Crippen molar-refractivity contribution in [3.8, 4) is 0 Å². The fourth-order valence-electron chi connectivity index (χ4n) is 1.79. The van der Waals surface area contributed by atoms with Crippen molar-refractivity contribution in [2.45, 2.75) is 0 Å². The van der Waals surface area contributed by atoms with E-state index in [4.69, 9.17) is 12.2 Å². The summed E-state index contributed by atoms with van der Waals surface area (Å²) in [4.78, 5) is 6.96. The topological polar surface area (TPSA) is 21.8 Å². The highest BCUT2D eigenvalue weighted by Crippen LogP contribution is 2.02. The summed E-state index contributed by atoms with van der Waals surface area (Å²) in [5.74, 6) is 0. The second-order valence-electron chi connectivity index (χ2n) is 4.61. The molecule has 1 heterocycles. The number of likely N-dealkylation sites (N-methyl/N-ethyl adjacent to an activating group) is 1. The number of piperazine rings is 1. The van der Waals surface area contributed by atoms with Crippen molar-refractivity contribution in [3.63, 3.8) is 0 Å². The minimum Gasteiger partial charge on any atom is -0.359 e. The van der Waals surface area contributed by atoms with Gasteiger partial charge < -0.3 is 15.1 Å². The Balaban J connectivity index is 2.20. The van der Waals surface area contributed by atoms with Crippen LogP contribution in [0.15, 0.2) is 12.7 Å². The summed E-state index contributed by atoms with van der Waals surface area (Å²) in [7, 11) is 4.23. The van der Waals surface area contributed by atoms with Crippen LogP contribution in [0.5, 0.6) is 0 Å². The lowest BCUT2D eigenvalue weighted by molar-refractivity contribution is 0.168. The second-order valence-corrected chi connectivity index (χ2v) is 4.99. The molecule has 0 aromatic heterocycles. The molecule has 0 amide bonds. The van der Waals surface area contributed by atoms with Crippen molar-refractivity contribution in [2.24, 2.45) is 0 Å². The van der Waals surface area contributed by atoms with E-state index in [-0.39, 0.29) is 0 Å². The standard InChI is InChI=1S/C12H24N4S/c1-4-5-13-12(17)16-10-8-15(9-11-16)7-6-14(2)3/h4H,1,5-11H2,2-3H3,(H,13,17). The van der Waals surface area contributed by atoms with E-state index in [9.17, 15) is 0 Å². The Morgan fingerprint density at radius 2 is 2.00 bits per heavy atom. The van der Waals surface area contributed by atoms with Crippen molar-refractivity contribution >= 4 is 17.3 Å². The van der Waals surface area contributed by atoms with Crippen LogP contribution in [-0.2, 0) is 0 Å². The molecule has 1 saturated heterocycles. The van der Waals surface area contributed by atoms with Crippen LogP contribution in [-0.4, -0.2) is 79.7 Å². The fourth-order valence-corrected chi connectivity index (χ4v) is 2.05. The first-order valence-corrected chi connectivity index (χ1v) is 6.55. The number of rotatable bonds is 5. The Kier molecular flexibility index (Phi) is 6.47. The summed E-state index contributed by atoms with van der Waals surface area (Å²) in [5, 5.41) is 4.04. The van der Waals surface area contributed by atoms with E-state index in [1.807, 2.05) is 6.08 Å². The Hall–Kier alpha value is -0.650. The van der Waals surface area contributed by atoms with Crippen LogP contribution >= 0.6 is 12.2 Å². The quantitative estimate of drug-likeness (QED) is 0.560. The van der Waals surface area contributed by atoms with Crippen LogP contribution in [0.3, 0.4) is 0 Å². The molecule has 1 fully saturated rings. The number of hydrogen-bond donors (Lipinski definition) is 1. The van der Waals surface area contributed by atoms with E-state index in [0.717, 1.165) is 50.9 Å². The Labute approximate surface area is 110 Å². The average molecular weight is 256 g/mol. The van der Waals surface area contributed by atoms with E-state index in [1.54, 1.807) is 0 Å². The average Bonchev–Trinajstić information content (AvgIpc) is 2.34. The molecule has 5 heteroatoms. The number of nitrogens with one attached hydrogen (secondary N) is 1. The monoisotopic (exact) mass is 256 g/mol. The first kappa shape index (κ1) is 14.4. The summed E-state index contributed by atoms with van der Waals surface area (Å²) in [6, 6.07) is 0. The van der Waals surface area contributed by atoms with Gasteiger partial charge in [-0.05, 0) is 26.3 Å². The zero-order valence-electron chi connectivity index (χ0n) is 11.0. The molecular formula is C12H24N4S. The minimum atomic E-state index is 0.750. The van der Waals surface area contributed by atoms with Crippen molar-refractivity contribution in [3.05, 3.63) is 12.7 Å². The molecule has 0 aliphatic carbocycles. The van der Waals surface area contributed by atoms with Gasteiger partial charge in [-0.1, -0.05) is 6.08 Å². The molecule has 0 spiro atoms. The number of hydrogen-bond acceptors (Lipinski definition) is 3. The Morgan fingerprint density at radius 1 is 1.35 bits per heavy atom. The van der Waals surface area contributed by atoms with Crippen LogP contribution in [0.4, 0.5) is 0 Å². The third-order valence-corrected chi connectivity index (χ3v) is 3.32. The van der Waals surface area contributed by atoms with Gasteiger partial charge in [0.1, 0.15) is 0 Å². The van der Waals surface area contributed by atoms with Crippen molar-refractivity contribution < 1.29 is 0 Å². The van der Waals surface area contributed by atoms with Gasteiger partial charge in [-0.3, -0.25) is 4.90 Å². The predicted molar refractivity (Wildman–Crippen MR) is 77.4 cm³/mol. The maximum Gasteiger partial charge on any atom is 0.169 e. The molecule has 4 nitrogen and oxygen atoms in total. The molecule has 1 aliphatic heterocycles. The Bertz CT molecular complexity index is 247. The lowest BCUT2D eigenvalue weighted by Gasteiger charge is -2.36. The summed E-state index contributed by atoms with van der Waals surface area (Å²) in [6.45, 7) is 10.9. The van der Waals surface area contributed by atoms with Gasteiger partial charge in [0.05, 0.1) is 0 Å². The summed E-state index contributed by atoms with van der Waals surface area (Å²) >= 11 is 5.32. The molecule has 98 valence electrons. The van der Waals surface area contributed by atoms with E-state index in [1.165, 1.54) is 0 Å². The normalized spacial score (nSPS) is 17.2. The van der Waals surface area contributed by atoms with Crippen LogP contribution < -0.4 is 5.32 Å². The molecule has 1 aliphatic rings. The first-order chi connectivity index (χ1) is 8.13. The molecule has 0 radical (unpaired) electrons. The van der Waals surface area contributed by atoms with Crippen LogP contribution in [0.25, 0.3) is 0 Å². The van der Waals surface area contributed by atoms with Gasteiger partial charge in [-0.15, -0.1) is 6.58 Å². The molecule has 0 aromatic carbocycles. The number of nitrogens with zero attached hydrogens (tertiary/aromatic N) is 3. The smallest absolute Gasteiger partial charge is 0.169 e. The summed E-state index contributed by atoms with van der Waals surface area (Å²) in [6.07, 6.45) is 1.83. The molecule has 0 aromatic rings. The Morgan fingerprint density at radius 3 is 2.53 bits per heavy atom. The molecule has 0 bridgehead atoms. The third-order valence-electron chi connectivity index (χ3n) is 2.92. The van der Waals surface area contributed by atoms with Crippen LogP contribution in [0.1, 0.15) is 0 Å². The van der Waals surface area contributed by atoms with Gasteiger partial charge in [-0.2, -0.15) is 0 Å². The lowest BCUT2D eigenvalue weighted by atomic mass is 10.3. The van der Waals surface area contributed by atoms with Gasteiger partial charge in [0.15, 0.2) is 5.11 Å². The van der Waals surface area contributed by atoms with Crippen molar-refractivity contribution in [1.29, 1.82) is 0 Å². The molecular weight excluding hydrogens is 232 g/mol. The van der Waals surface area contributed by atoms with Crippen LogP contribution in [0, 0.1) is 0 Å². The van der Waals surface area contributed by atoms with Gasteiger partial charge in [0.2, 0.25) is 0 Å². The highest BCUT2D eigenvalue weighted by Gasteiger charge is 2.18. The minimum absolute atomic E-state index is 0.750. The molecule has 1 rings (SSSR count). The van der Waals surface area contributed by atoms with E-state index >= 15 is 0 Å². The lowest BCUT2D eigenvalue weighted by Crippen LogP contribution is -2.52. The largest absolute Gasteiger partial charge is 0.359 e. The highest BCUT2D eigenvalue weighted by molar-refractivity contribution is 7.80. The SMILES string of the molecule is C=CCNC(=S)N1CCN(CCN(C)C)CC1. The molecule has 17 heavy (non-hydrogen) atoms. The maximum atomic E-state index is 5.32.